The van der Waals surface area contributed by atoms with Crippen LogP contribution in [0.3, 0.4) is 0 Å². The average molecular weight is 449 g/mol. The first-order valence-corrected chi connectivity index (χ1v) is 10.3. The van der Waals surface area contributed by atoms with Crippen LogP contribution in [0.4, 0.5) is 0 Å². The minimum absolute atomic E-state index is 0.491. The van der Waals surface area contributed by atoms with Crippen molar-refractivity contribution < 1.29 is 4.52 Å². The van der Waals surface area contributed by atoms with Gasteiger partial charge in [-0.1, -0.05) is 29.1 Å². The summed E-state index contributed by atoms with van der Waals surface area (Å²) in [5, 5.41) is 18.7. The van der Waals surface area contributed by atoms with Gasteiger partial charge < -0.3 is 4.52 Å². The third-order valence-electron chi connectivity index (χ3n) is 3.83. The van der Waals surface area contributed by atoms with Gasteiger partial charge in [0.1, 0.15) is 0 Å². The van der Waals surface area contributed by atoms with Crippen LogP contribution in [0.2, 0.25) is 0 Å². The summed E-state index contributed by atoms with van der Waals surface area (Å²) in [7, 11) is 0. The zero-order chi connectivity index (χ0) is 18.1. The maximum Gasteiger partial charge on any atom is 0.237 e. The topological polar surface area (TPSA) is 82.5 Å². The van der Waals surface area contributed by atoms with E-state index in [2.05, 4.69) is 61.5 Å². The second-order valence-corrected chi connectivity index (χ2v) is 8.29. The van der Waals surface area contributed by atoms with E-state index in [-0.39, 0.29) is 0 Å². The first-order chi connectivity index (χ1) is 12.6. The lowest BCUT2D eigenvalue weighted by atomic mass is 10.1. The Hall–Kier alpha value is -2.04. The van der Waals surface area contributed by atoms with E-state index in [1.54, 1.807) is 16.0 Å². The number of hydrogen-bond donors (Lipinski definition) is 0. The molecule has 4 aromatic rings. The minimum atomic E-state index is 0.491. The van der Waals surface area contributed by atoms with Crippen molar-refractivity contribution in [1.82, 2.24) is 30.3 Å². The van der Waals surface area contributed by atoms with Crippen LogP contribution in [0.25, 0.3) is 16.4 Å². The molecule has 4 rings (SSSR count). The lowest BCUT2D eigenvalue weighted by molar-refractivity contribution is 0.391. The van der Waals surface area contributed by atoms with E-state index in [0.29, 0.717) is 22.6 Å². The largest absolute Gasteiger partial charge is 0.338 e. The molecule has 0 amide bonds. The molecule has 3 heterocycles. The predicted molar refractivity (Wildman–Crippen MR) is 104 cm³/mol. The number of thiophene rings is 1. The summed E-state index contributed by atoms with van der Waals surface area (Å²) in [4.78, 5) is 5.40. The van der Waals surface area contributed by atoms with Crippen LogP contribution in [0.5, 0.6) is 0 Å². The van der Waals surface area contributed by atoms with Gasteiger partial charge in [0.2, 0.25) is 16.9 Å². The van der Waals surface area contributed by atoms with Gasteiger partial charge in [0.15, 0.2) is 0 Å². The number of tetrazole rings is 1. The average Bonchev–Trinajstić information content (AvgIpc) is 3.35. The highest BCUT2D eigenvalue weighted by Crippen LogP contribution is 2.29. The van der Waals surface area contributed by atoms with E-state index in [1.807, 2.05) is 23.6 Å². The van der Waals surface area contributed by atoms with Crippen molar-refractivity contribution in [3.05, 3.63) is 51.1 Å². The first kappa shape index (κ1) is 17.4. The summed E-state index contributed by atoms with van der Waals surface area (Å²) in [5.74, 6) is 1.61. The van der Waals surface area contributed by atoms with Gasteiger partial charge in [-0.25, -0.2) is 0 Å². The summed E-state index contributed by atoms with van der Waals surface area (Å²) in [5.41, 5.74) is 3.30. The fourth-order valence-corrected chi connectivity index (χ4v) is 4.43. The van der Waals surface area contributed by atoms with Gasteiger partial charge in [-0.15, -0.1) is 16.4 Å². The Labute approximate surface area is 165 Å². The van der Waals surface area contributed by atoms with E-state index in [1.165, 1.54) is 17.3 Å². The van der Waals surface area contributed by atoms with Gasteiger partial charge in [0.25, 0.3) is 0 Å². The molecule has 0 bridgehead atoms. The standard InChI is InChI=1S/C16H13BrN6OS2/c1-9-4-3-5-12(10(9)2)23-16(19-21-22-23)26-8-14-18-15(20-24-14)13-6-11(17)7-25-13/h3-7H,8H2,1-2H3. The number of aryl methyl sites for hydroxylation is 1. The fourth-order valence-electron chi connectivity index (χ4n) is 2.36. The molecule has 0 atom stereocenters. The number of thioether (sulfide) groups is 1. The molecule has 3 aromatic heterocycles. The second-order valence-electron chi connectivity index (χ2n) is 5.52. The van der Waals surface area contributed by atoms with E-state index in [4.69, 9.17) is 4.52 Å². The van der Waals surface area contributed by atoms with Gasteiger partial charge in [-0.05, 0) is 63.5 Å². The summed E-state index contributed by atoms with van der Waals surface area (Å²) in [6.45, 7) is 4.13. The van der Waals surface area contributed by atoms with Crippen molar-refractivity contribution in [3.8, 4) is 16.4 Å². The lowest BCUT2D eigenvalue weighted by Gasteiger charge is -2.08. The van der Waals surface area contributed by atoms with Crippen molar-refractivity contribution in [2.75, 3.05) is 0 Å². The molecule has 0 spiro atoms. The van der Waals surface area contributed by atoms with Crippen molar-refractivity contribution >= 4 is 39.0 Å². The lowest BCUT2D eigenvalue weighted by Crippen LogP contribution is -2.02. The summed E-state index contributed by atoms with van der Waals surface area (Å²) < 4.78 is 8.09. The Kier molecular flexibility index (Phi) is 4.88. The van der Waals surface area contributed by atoms with Gasteiger partial charge in [0, 0.05) is 9.85 Å². The molecule has 0 saturated carbocycles. The Bertz CT molecular complexity index is 1060. The Morgan fingerprint density at radius 1 is 1.31 bits per heavy atom. The van der Waals surface area contributed by atoms with E-state index in [9.17, 15) is 0 Å². The number of hydrogen-bond acceptors (Lipinski definition) is 8. The molecule has 0 saturated heterocycles. The van der Waals surface area contributed by atoms with Crippen LogP contribution in [0.15, 0.2) is 43.8 Å². The van der Waals surface area contributed by atoms with Crippen LogP contribution in [0.1, 0.15) is 17.0 Å². The van der Waals surface area contributed by atoms with Crippen LogP contribution >= 0.6 is 39.0 Å². The monoisotopic (exact) mass is 448 g/mol. The predicted octanol–water partition coefficient (Wildman–Crippen LogP) is 4.45. The molecule has 0 N–H and O–H groups in total. The van der Waals surface area contributed by atoms with Crippen molar-refractivity contribution in [2.45, 2.75) is 24.8 Å². The van der Waals surface area contributed by atoms with Gasteiger partial charge in [-0.3, -0.25) is 0 Å². The third-order valence-corrected chi connectivity index (χ3v) is 6.42. The molecule has 0 aliphatic heterocycles. The highest BCUT2D eigenvalue weighted by Gasteiger charge is 2.15. The van der Waals surface area contributed by atoms with E-state index >= 15 is 0 Å². The molecular formula is C16H13BrN6OS2. The second kappa shape index (κ2) is 7.29. The number of nitrogens with zero attached hydrogens (tertiary/aromatic N) is 6. The normalized spacial score (nSPS) is 11.2. The maximum atomic E-state index is 5.35. The molecule has 0 radical (unpaired) electrons. The van der Waals surface area contributed by atoms with Gasteiger partial charge in [0.05, 0.1) is 16.3 Å². The van der Waals surface area contributed by atoms with Crippen LogP contribution < -0.4 is 0 Å². The van der Waals surface area contributed by atoms with Gasteiger partial charge >= 0.3 is 0 Å². The Morgan fingerprint density at radius 3 is 3.00 bits per heavy atom. The SMILES string of the molecule is Cc1cccc(-n2nnnc2SCc2nc(-c3cc(Br)cs3)no2)c1C. The number of rotatable bonds is 5. The highest BCUT2D eigenvalue weighted by molar-refractivity contribution is 9.10. The maximum absolute atomic E-state index is 5.35. The molecule has 0 aliphatic carbocycles. The molecule has 1 aromatic carbocycles. The summed E-state index contributed by atoms with van der Waals surface area (Å²) in [6, 6.07) is 8.03. The van der Waals surface area contributed by atoms with Crippen LogP contribution in [0, 0.1) is 13.8 Å². The molecule has 132 valence electrons. The quantitative estimate of drug-likeness (QED) is 0.417. The van der Waals surface area contributed by atoms with E-state index < -0.39 is 0 Å². The van der Waals surface area contributed by atoms with Gasteiger partial charge in [-0.2, -0.15) is 9.67 Å². The Balaban J connectivity index is 1.52. The minimum Gasteiger partial charge on any atom is -0.338 e. The molecule has 0 aliphatic rings. The van der Waals surface area contributed by atoms with Crippen molar-refractivity contribution in [1.29, 1.82) is 0 Å². The number of aromatic nitrogens is 6. The van der Waals surface area contributed by atoms with Crippen molar-refractivity contribution in [2.24, 2.45) is 0 Å². The molecule has 0 fully saturated rings. The molecule has 7 nitrogen and oxygen atoms in total. The van der Waals surface area contributed by atoms with Crippen LogP contribution in [-0.2, 0) is 5.75 Å². The Morgan fingerprint density at radius 2 is 2.19 bits per heavy atom. The molecule has 0 unspecified atom stereocenters. The summed E-state index contributed by atoms with van der Waals surface area (Å²) in [6.07, 6.45) is 0. The fraction of sp³-hybridized carbons (Fsp3) is 0.188. The molecule has 26 heavy (non-hydrogen) atoms. The summed E-state index contributed by atoms with van der Waals surface area (Å²) >= 11 is 6.44. The first-order valence-electron chi connectivity index (χ1n) is 7.66. The number of benzene rings is 1. The molecular weight excluding hydrogens is 436 g/mol. The smallest absolute Gasteiger partial charge is 0.237 e. The number of halogens is 1. The van der Waals surface area contributed by atoms with E-state index in [0.717, 1.165) is 20.6 Å². The van der Waals surface area contributed by atoms with Crippen molar-refractivity contribution in [3.63, 3.8) is 0 Å². The third kappa shape index (κ3) is 3.44. The zero-order valence-electron chi connectivity index (χ0n) is 13.9. The zero-order valence-corrected chi connectivity index (χ0v) is 17.1. The highest BCUT2D eigenvalue weighted by atomic mass is 79.9. The molecule has 10 heteroatoms. The van der Waals surface area contributed by atoms with Crippen LogP contribution in [-0.4, -0.2) is 30.3 Å².